The molecule has 0 N–H and O–H groups in total. The summed E-state index contributed by atoms with van der Waals surface area (Å²) in [4.78, 5) is 21.0. The SMILES string of the molecule is COc1ccc(-n2c(COc3ccc(Cl)cc3)nnc2Sc2nc(-c3cnccn3)nc3sc4c(c23)CCCC4)cc1. The molecule has 0 amide bonds. The predicted octanol–water partition coefficient (Wildman–Crippen LogP) is 7.00. The van der Waals surface area contributed by atoms with Crippen molar-refractivity contribution in [3.05, 3.63) is 88.4 Å². The van der Waals surface area contributed by atoms with E-state index >= 15 is 0 Å². The van der Waals surface area contributed by atoms with Gasteiger partial charge in [-0.05, 0) is 91.5 Å². The average Bonchev–Trinajstić information content (AvgIpc) is 3.62. The van der Waals surface area contributed by atoms with Crippen molar-refractivity contribution in [1.82, 2.24) is 34.7 Å². The molecular weight excluding hydrogens is 590 g/mol. The molecule has 0 aliphatic heterocycles. The van der Waals surface area contributed by atoms with Gasteiger partial charge in [0.1, 0.15) is 33.7 Å². The topological polar surface area (TPSA) is 101 Å². The number of rotatable bonds is 8. The van der Waals surface area contributed by atoms with Crippen LogP contribution in [-0.4, -0.2) is 41.8 Å². The van der Waals surface area contributed by atoms with Crippen molar-refractivity contribution in [2.45, 2.75) is 42.5 Å². The fourth-order valence-electron chi connectivity index (χ4n) is 4.94. The van der Waals surface area contributed by atoms with Gasteiger partial charge in [0.25, 0.3) is 0 Å². The van der Waals surface area contributed by atoms with E-state index in [-0.39, 0.29) is 6.61 Å². The molecule has 0 radical (unpaired) electrons. The molecule has 12 heteroatoms. The van der Waals surface area contributed by atoms with E-state index in [0.29, 0.717) is 33.3 Å². The van der Waals surface area contributed by atoms with E-state index in [1.807, 2.05) is 41.0 Å². The number of aryl methyl sites for hydroxylation is 2. The Kier molecular flexibility index (Phi) is 7.45. The van der Waals surface area contributed by atoms with Crippen molar-refractivity contribution in [2.24, 2.45) is 0 Å². The largest absolute Gasteiger partial charge is 0.497 e. The van der Waals surface area contributed by atoms with Gasteiger partial charge < -0.3 is 9.47 Å². The maximum absolute atomic E-state index is 6.07. The Labute approximate surface area is 255 Å². The second-order valence-corrected chi connectivity index (χ2v) is 12.1. The Morgan fingerprint density at radius 3 is 2.55 bits per heavy atom. The monoisotopic (exact) mass is 613 g/mol. The smallest absolute Gasteiger partial charge is 0.202 e. The van der Waals surface area contributed by atoms with Gasteiger partial charge in [0.2, 0.25) is 5.16 Å². The first-order chi connectivity index (χ1) is 20.7. The summed E-state index contributed by atoms with van der Waals surface area (Å²) in [6.45, 7) is 0.207. The summed E-state index contributed by atoms with van der Waals surface area (Å²) < 4.78 is 13.5. The molecule has 4 heterocycles. The summed E-state index contributed by atoms with van der Waals surface area (Å²) >= 11 is 9.28. The van der Waals surface area contributed by atoms with Gasteiger partial charge >= 0.3 is 0 Å². The molecule has 42 heavy (non-hydrogen) atoms. The molecule has 210 valence electrons. The standard InChI is InChI=1S/C30H24ClN7O2S2/c1-39-20-12-8-19(9-13-20)38-25(17-40-21-10-6-18(31)7-11-21)36-37-30(38)42-29-26-22-4-2-3-5-24(22)41-28(26)34-27(35-29)23-16-32-14-15-33-23/h6-16H,2-5,17H2,1H3. The van der Waals surface area contributed by atoms with Gasteiger partial charge in [0.05, 0.1) is 13.3 Å². The molecule has 0 atom stereocenters. The lowest BCUT2D eigenvalue weighted by Crippen LogP contribution is -2.07. The first kappa shape index (κ1) is 26.8. The molecule has 4 aromatic heterocycles. The Morgan fingerprint density at radius 2 is 1.76 bits per heavy atom. The molecule has 0 bridgehead atoms. The van der Waals surface area contributed by atoms with Crippen molar-refractivity contribution in [2.75, 3.05) is 7.11 Å². The van der Waals surface area contributed by atoms with Crippen LogP contribution in [-0.2, 0) is 19.4 Å². The maximum atomic E-state index is 6.07. The number of fused-ring (bicyclic) bond motifs is 3. The van der Waals surface area contributed by atoms with Crippen LogP contribution in [0.25, 0.3) is 27.4 Å². The number of ether oxygens (including phenoxy) is 2. The molecule has 2 aromatic carbocycles. The Hall–Kier alpha value is -4.06. The van der Waals surface area contributed by atoms with E-state index in [2.05, 4.69) is 20.2 Å². The van der Waals surface area contributed by atoms with Gasteiger partial charge in [-0.3, -0.25) is 9.55 Å². The number of benzene rings is 2. The van der Waals surface area contributed by atoms with Crippen molar-refractivity contribution in [3.8, 4) is 28.7 Å². The van der Waals surface area contributed by atoms with Crippen LogP contribution in [0.5, 0.6) is 11.5 Å². The number of halogens is 1. The normalized spacial score (nSPS) is 12.8. The molecular formula is C30H24ClN7O2S2. The molecule has 0 unspecified atom stereocenters. The Balaban J connectivity index is 1.33. The van der Waals surface area contributed by atoms with Crippen LogP contribution in [0.4, 0.5) is 0 Å². The van der Waals surface area contributed by atoms with Crippen LogP contribution >= 0.6 is 34.7 Å². The fourth-order valence-corrected chi connectivity index (χ4v) is 7.41. The van der Waals surface area contributed by atoms with Crippen molar-refractivity contribution in [1.29, 1.82) is 0 Å². The zero-order valence-corrected chi connectivity index (χ0v) is 24.9. The highest BCUT2D eigenvalue weighted by atomic mass is 35.5. The number of methoxy groups -OCH3 is 1. The third-order valence-corrected chi connectivity index (χ3v) is 9.35. The summed E-state index contributed by atoms with van der Waals surface area (Å²) in [7, 11) is 1.65. The molecule has 1 aliphatic carbocycles. The zero-order valence-electron chi connectivity index (χ0n) is 22.5. The van der Waals surface area contributed by atoms with Gasteiger partial charge in [0.15, 0.2) is 11.6 Å². The second-order valence-electron chi connectivity index (χ2n) is 9.61. The third kappa shape index (κ3) is 5.31. The summed E-state index contributed by atoms with van der Waals surface area (Å²) in [5.74, 6) is 2.63. The van der Waals surface area contributed by atoms with E-state index < -0.39 is 0 Å². The minimum Gasteiger partial charge on any atom is -0.497 e. The van der Waals surface area contributed by atoms with Crippen LogP contribution in [0.15, 0.2) is 77.3 Å². The van der Waals surface area contributed by atoms with Gasteiger partial charge in [-0.1, -0.05) is 11.6 Å². The van der Waals surface area contributed by atoms with E-state index in [1.54, 1.807) is 49.2 Å². The molecule has 0 saturated carbocycles. The van der Waals surface area contributed by atoms with E-state index in [0.717, 1.165) is 45.9 Å². The molecule has 0 spiro atoms. The summed E-state index contributed by atoms with van der Waals surface area (Å²) in [5, 5.41) is 12.4. The molecule has 1 aliphatic rings. The first-order valence-corrected chi connectivity index (χ1v) is 15.4. The quantitative estimate of drug-likeness (QED) is 0.168. The molecule has 7 rings (SSSR count). The van der Waals surface area contributed by atoms with Crippen molar-refractivity contribution < 1.29 is 9.47 Å². The van der Waals surface area contributed by atoms with Crippen LogP contribution in [0.3, 0.4) is 0 Å². The fraction of sp³-hybridized carbons (Fsp3) is 0.200. The van der Waals surface area contributed by atoms with Gasteiger partial charge in [-0.25, -0.2) is 15.0 Å². The summed E-state index contributed by atoms with van der Waals surface area (Å²) in [6.07, 6.45) is 9.42. The summed E-state index contributed by atoms with van der Waals surface area (Å²) in [6, 6.07) is 15.0. The number of hydrogen-bond acceptors (Lipinski definition) is 10. The average molecular weight is 614 g/mol. The minimum absolute atomic E-state index is 0.207. The third-order valence-electron chi connectivity index (χ3n) is 6.97. The number of aromatic nitrogens is 7. The van der Waals surface area contributed by atoms with Crippen molar-refractivity contribution >= 4 is 44.9 Å². The van der Waals surface area contributed by atoms with E-state index in [1.165, 1.54) is 28.6 Å². The lowest BCUT2D eigenvalue weighted by molar-refractivity contribution is 0.293. The summed E-state index contributed by atoms with van der Waals surface area (Å²) in [5.41, 5.74) is 2.85. The highest BCUT2D eigenvalue weighted by Crippen LogP contribution is 2.42. The highest BCUT2D eigenvalue weighted by molar-refractivity contribution is 7.99. The lowest BCUT2D eigenvalue weighted by atomic mass is 9.97. The van der Waals surface area contributed by atoms with E-state index in [9.17, 15) is 0 Å². The Bertz CT molecular complexity index is 1860. The van der Waals surface area contributed by atoms with Crippen LogP contribution in [0, 0.1) is 0 Å². The van der Waals surface area contributed by atoms with Crippen LogP contribution in [0.2, 0.25) is 5.02 Å². The van der Waals surface area contributed by atoms with Gasteiger partial charge in [-0.2, -0.15) is 0 Å². The molecule has 9 nitrogen and oxygen atoms in total. The Morgan fingerprint density at radius 1 is 0.952 bits per heavy atom. The minimum atomic E-state index is 0.207. The lowest BCUT2D eigenvalue weighted by Gasteiger charge is -2.13. The second kappa shape index (κ2) is 11.7. The van der Waals surface area contributed by atoms with E-state index in [4.69, 9.17) is 31.0 Å². The maximum Gasteiger partial charge on any atom is 0.202 e. The highest BCUT2D eigenvalue weighted by Gasteiger charge is 2.25. The molecule has 6 aromatic rings. The predicted molar refractivity (Wildman–Crippen MR) is 163 cm³/mol. The van der Waals surface area contributed by atoms with Crippen molar-refractivity contribution in [3.63, 3.8) is 0 Å². The molecule has 0 saturated heterocycles. The number of hydrogen-bond donors (Lipinski definition) is 0. The van der Waals surface area contributed by atoms with Gasteiger partial charge in [-0.15, -0.1) is 21.5 Å². The van der Waals surface area contributed by atoms with Gasteiger partial charge in [0, 0.05) is 33.4 Å². The van der Waals surface area contributed by atoms with Crippen LogP contribution < -0.4 is 9.47 Å². The number of thiophene rings is 1. The first-order valence-electron chi connectivity index (χ1n) is 13.4. The van der Waals surface area contributed by atoms with Crippen LogP contribution in [0.1, 0.15) is 29.1 Å². The zero-order chi connectivity index (χ0) is 28.5. The number of nitrogens with zero attached hydrogens (tertiary/aromatic N) is 7. The molecule has 0 fully saturated rings.